The average Bonchev–Trinajstić information content (AvgIpc) is 2.39. The molecule has 1 atom stereocenters. The Hall–Kier alpha value is -2.16. The monoisotopic (exact) mass is 226 g/mol. The number of benzene rings is 1. The fourth-order valence-corrected chi connectivity index (χ4v) is 1.66. The highest BCUT2D eigenvalue weighted by Crippen LogP contribution is 2.21. The number of amides is 1. The van der Waals surface area contributed by atoms with E-state index >= 15 is 0 Å². The van der Waals surface area contributed by atoms with Gasteiger partial charge in [-0.15, -0.1) is 0 Å². The van der Waals surface area contributed by atoms with Gasteiger partial charge in [-0.3, -0.25) is 9.78 Å². The number of carbonyl (C=O) groups is 1. The molecule has 0 aliphatic heterocycles. The van der Waals surface area contributed by atoms with E-state index in [-0.39, 0.29) is 11.8 Å². The summed E-state index contributed by atoms with van der Waals surface area (Å²) in [6.07, 6.45) is 3.56. The van der Waals surface area contributed by atoms with Crippen LogP contribution in [0.1, 0.15) is 18.4 Å². The van der Waals surface area contributed by atoms with Crippen molar-refractivity contribution < 1.29 is 4.79 Å². The molecule has 0 radical (unpaired) electrons. The van der Waals surface area contributed by atoms with Crippen LogP contribution >= 0.6 is 0 Å². The van der Waals surface area contributed by atoms with Gasteiger partial charge in [-0.1, -0.05) is 30.3 Å². The molecule has 17 heavy (non-hydrogen) atoms. The molecule has 1 aromatic carbocycles. The highest BCUT2D eigenvalue weighted by Gasteiger charge is 2.10. The third kappa shape index (κ3) is 2.50. The largest absolute Gasteiger partial charge is 0.369 e. The van der Waals surface area contributed by atoms with E-state index in [1.54, 1.807) is 13.1 Å². The van der Waals surface area contributed by atoms with E-state index in [9.17, 15) is 4.79 Å². The van der Waals surface area contributed by atoms with E-state index in [1.165, 1.54) is 0 Å². The average molecular weight is 226 g/mol. The fraction of sp³-hybridized carbons (Fsp3) is 0.143. The summed E-state index contributed by atoms with van der Waals surface area (Å²) in [4.78, 5) is 15.1. The molecule has 1 unspecified atom stereocenters. The van der Waals surface area contributed by atoms with Crippen LogP contribution < -0.4 is 5.73 Å². The van der Waals surface area contributed by atoms with Crippen LogP contribution in [0.2, 0.25) is 0 Å². The van der Waals surface area contributed by atoms with Gasteiger partial charge in [0.05, 0.1) is 5.92 Å². The molecule has 2 N–H and O–H groups in total. The van der Waals surface area contributed by atoms with E-state index in [1.807, 2.05) is 42.6 Å². The summed E-state index contributed by atoms with van der Waals surface area (Å²) in [6, 6.07) is 11.7. The number of nitrogens with zero attached hydrogens (tertiary/aromatic N) is 1. The zero-order valence-corrected chi connectivity index (χ0v) is 9.63. The van der Waals surface area contributed by atoms with Crippen molar-refractivity contribution in [2.24, 2.45) is 5.73 Å². The predicted octanol–water partition coefficient (Wildman–Crippen LogP) is 2.34. The van der Waals surface area contributed by atoms with Crippen molar-refractivity contribution in [1.82, 2.24) is 4.98 Å². The first-order valence-electron chi connectivity index (χ1n) is 5.48. The molecule has 86 valence electrons. The van der Waals surface area contributed by atoms with Crippen LogP contribution in [0.3, 0.4) is 0 Å². The van der Waals surface area contributed by atoms with Gasteiger partial charge in [0.1, 0.15) is 0 Å². The van der Waals surface area contributed by atoms with Crippen LogP contribution in [-0.4, -0.2) is 10.9 Å². The van der Waals surface area contributed by atoms with Crippen molar-refractivity contribution in [2.75, 3.05) is 0 Å². The van der Waals surface area contributed by atoms with E-state index in [0.717, 1.165) is 16.7 Å². The van der Waals surface area contributed by atoms with Gasteiger partial charge in [0.2, 0.25) is 5.91 Å². The Morgan fingerprint density at radius 1 is 1.18 bits per heavy atom. The number of hydrogen-bond acceptors (Lipinski definition) is 2. The van der Waals surface area contributed by atoms with Crippen molar-refractivity contribution in [2.45, 2.75) is 12.8 Å². The molecule has 2 aromatic rings. The first-order chi connectivity index (χ1) is 8.18. The molecule has 0 aliphatic rings. The minimum Gasteiger partial charge on any atom is -0.369 e. The summed E-state index contributed by atoms with van der Waals surface area (Å²) >= 11 is 0. The summed E-state index contributed by atoms with van der Waals surface area (Å²) in [6.45, 7) is 1.81. The number of pyridine rings is 1. The molecular formula is C14H14N2O. The second-order valence-electron chi connectivity index (χ2n) is 3.99. The number of carbonyl (C=O) groups excluding carboxylic acids is 1. The number of aromatic nitrogens is 1. The molecule has 2 rings (SSSR count). The Morgan fingerprint density at radius 2 is 1.88 bits per heavy atom. The van der Waals surface area contributed by atoms with Crippen molar-refractivity contribution in [3.63, 3.8) is 0 Å². The minimum atomic E-state index is -0.306. The van der Waals surface area contributed by atoms with Crippen molar-refractivity contribution in [3.05, 3.63) is 54.4 Å². The lowest BCUT2D eigenvalue weighted by atomic mass is 9.98. The van der Waals surface area contributed by atoms with Gasteiger partial charge in [0.15, 0.2) is 0 Å². The van der Waals surface area contributed by atoms with Crippen LogP contribution in [0, 0.1) is 0 Å². The molecule has 1 heterocycles. The summed E-state index contributed by atoms with van der Waals surface area (Å²) in [7, 11) is 0. The molecule has 0 bridgehead atoms. The number of primary amides is 1. The zero-order valence-electron chi connectivity index (χ0n) is 9.63. The number of hydrogen-bond donors (Lipinski definition) is 1. The van der Waals surface area contributed by atoms with Crippen molar-refractivity contribution in [3.8, 4) is 11.1 Å². The van der Waals surface area contributed by atoms with Crippen LogP contribution in [0.5, 0.6) is 0 Å². The Morgan fingerprint density at radius 3 is 2.41 bits per heavy atom. The molecule has 3 heteroatoms. The number of rotatable bonds is 3. The van der Waals surface area contributed by atoms with Gasteiger partial charge in [-0.2, -0.15) is 0 Å². The fourth-order valence-electron chi connectivity index (χ4n) is 1.66. The maximum absolute atomic E-state index is 11.1. The Balaban J connectivity index is 2.28. The van der Waals surface area contributed by atoms with E-state index < -0.39 is 0 Å². The predicted molar refractivity (Wildman–Crippen MR) is 67.3 cm³/mol. The molecule has 1 aromatic heterocycles. The smallest absolute Gasteiger partial charge is 0.224 e. The summed E-state index contributed by atoms with van der Waals surface area (Å²) in [5, 5.41) is 0. The summed E-state index contributed by atoms with van der Waals surface area (Å²) in [5.74, 6) is -0.558. The van der Waals surface area contributed by atoms with Gasteiger partial charge in [-0.25, -0.2) is 0 Å². The third-order valence-electron chi connectivity index (χ3n) is 2.83. The van der Waals surface area contributed by atoms with Crippen LogP contribution in [0.15, 0.2) is 48.8 Å². The van der Waals surface area contributed by atoms with Gasteiger partial charge < -0.3 is 5.73 Å². The normalized spacial score (nSPS) is 12.1. The van der Waals surface area contributed by atoms with Crippen LogP contribution in [0.4, 0.5) is 0 Å². The van der Waals surface area contributed by atoms with Gasteiger partial charge in [-0.05, 0) is 29.7 Å². The van der Waals surface area contributed by atoms with Crippen molar-refractivity contribution in [1.29, 1.82) is 0 Å². The Labute approximate surface area is 100 Å². The molecule has 0 saturated carbocycles. The lowest BCUT2D eigenvalue weighted by Crippen LogP contribution is -2.18. The van der Waals surface area contributed by atoms with E-state index in [4.69, 9.17) is 5.73 Å². The molecule has 0 saturated heterocycles. The maximum Gasteiger partial charge on any atom is 0.224 e. The van der Waals surface area contributed by atoms with Crippen molar-refractivity contribution >= 4 is 5.91 Å². The van der Waals surface area contributed by atoms with E-state index in [2.05, 4.69) is 4.98 Å². The quantitative estimate of drug-likeness (QED) is 0.873. The van der Waals surface area contributed by atoms with Crippen LogP contribution in [-0.2, 0) is 4.79 Å². The lowest BCUT2D eigenvalue weighted by molar-refractivity contribution is -0.119. The summed E-state index contributed by atoms with van der Waals surface area (Å²) < 4.78 is 0. The molecule has 0 aliphatic carbocycles. The zero-order chi connectivity index (χ0) is 12.3. The molecule has 0 spiro atoms. The van der Waals surface area contributed by atoms with Gasteiger partial charge >= 0.3 is 0 Å². The number of nitrogens with two attached hydrogens (primary N) is 1. The first kappa shape index (κ1) is 11.3. The SMILES string of the molecule is CC(C(N)=O)c1ccc(-c2cccnc2)cc1. The molecule has 3 nitrogen and oxygen atoms in total. The second-order valence-corrected chi connectivity index (χ2v) is 3.99. The Kier molecular flexibility index (Phi) is 3.19. The van der Waals surface area contributed by atoms with E-state index in [0.29, 0.717) is 0 Å². The highest BCUT2D eigenvalue weighted by atomic mass is 16.1. The molecule has 1 amide bonds. The van der Waals surface area contributed by atoms with Gasteiger partial charge in [0.25, 0.3) is 0 Å². The highest BCUT2D eigenvalue weighted by molar-refractivity contribution is 5.81. The van der Waals surface area contributed by atoms with Crippen LogP contribution in [0.25, 0.3) is 11.1 Å². The topological polar surface area (TPSA) is 56.0 Å². The second kappa shape index (κ2) is 4.78. The first-order valence-corrected chi connectivity index (χ1v) is 5.48. The summed E-state index contributed by atoms with van der Waals surface area (Å²) in [5.41, 5.74) is 8.35. The van der Waals surface area contributed by atoms with Gasteiger partial charge in [0, 0.05) is 12.4 Å². The molecular weight excluding hydrogens is 212 g/mol. The Bertz CT molecular complexity index is 506. The third-order valence-corrected chi connectivity index (χ3v) is 2.83. The minimum absolute atomic E-state index is 0.252. The molecule has 0 fully saturated rings. The standard InChI is InChI=1S/C14H14N2O/c1-10(14(15)17)11-4-6-12(7-5-11)13-3-2-8-16-9-13/h2-10H,1H3,(H2,15,17). The maximum atomic E-state index is 11.1. The lowest BCUT2D eigenvalue weighted by Gasteiger charge is -2.08.